The summed E-state index contributed by atoms with van der Waals surface area (Å²) in [4.78, 5) is 15.8. The third-order valence-electron chi connectivity index (χ3n) is 2.46. The number of aromatic nitrogens is 3. The third-order valence-corrected chi connectivity index (χ3v) is 2.97. The molecule has 0 aliphatic heterocycles. The predicted molar refractivity (Wildman–Crippen MR) is 74.8 cm³/mol. The van der Waals surface area contributed by atoms with Gasteiger partial charge in [-0.05, 0) is 12.5 Å². The Kier molecular flexibility index (Phi) is 4.39. The Bertz CT molecular complexity index is 597. The van der Waals surface area contributed by atoms with Crippen LogP contribution in [-0.2, 0) is 6.42 Å². The van der Waals surface area contributed by atoms with E-state index < -0.39 is 0 Å². The number of nitrogens with one attached hydrogen (secondary N) is 2. The van der Waals surface area contributed by atoms with Crippen LogP contribution in [0.15, 0.2) is 18.3 Å². The van der Waals surface area contributed by atoms with Gasteiger partial charge in [-0.15, -0.1) is 0 Å². The highest BCUT2D eigenvalue weighted by molar-refractivity contribution is 6.35. The molecule has 5 nitrogen and oxygen atoms in total. The predicted octanol–water partition coefficient (Wildman–Crippen LogP) is 3.32. The van der Waals surface area contributed by atoms with E-state index in [4.69, 9.17) is 23.2 Å². The number of aromatic amines is 1. The molecule has 2 aromatic rings. The summed E-state index contributed by atoms with van der Waals surface area (Å²) in [6, 6.07) is 3.21. The van der Waals surface area contributed by atoms with Crippen LogP contribution >= 0.6 is 23.2 Å². The van der Waals surface area contributed by atoms with Gasteiger partial charge in [-0.25, -0.2) is 4.98 Å². The average molecular weight is 299 g/mol. The van der Waals surface area contributed by atoms with Gasteiger partial charge in [0, 0.05) is 18.0 Å². The van der Waals surface area contributed by atoms with E-state index in [0.29, 0.717) is 5.82 Å². The van der Waals surface area contributed by atoms with Gasteiger partial charge in [0.15, 0.2) is 5.82 Å². The van der Waals surface area contributed by atoms with Gasteiger partial charge in [0.2, 0.25) is 0 Å². The van der Waals surface area contributed by atoms with E-state index >= 15 is 0 Å². The van der Waals surface area contributed by atoms with E-state index in [9.17, 15) is 4.79 Å². The van der Waals surface area contributed by atoms with Crippen LogP contribution in [0.5, 0.6) is 0 Å². The molecule has 2 N–H and O–H groups in total. The fourth-order valence-electron chi connectivity index (χ4n) is 1.59. The number of aryl methyl sites for hydroxylation is 1. The maximum absolute atomic E-state index is 12.0. The van der Waals surface area contributed by atoms with Crippen molar-refractivity contribution in [1.29, 1.82) is 0 Å². The zero-order valence-electron chi connectivity index (χ0n) is 10.2. The highest BCUT2D eigenvalue weighted by atomic mass is 35.5. The SMILES string of the molecule is CCCc1cc(NC(=O)c2cc(Cl)ncc2Cl)n[nH]1. The lowest BCUT2D eigenvalue weighted by atomic mass is 10.2. The Hall–Kier alpha value is -1.59. The molecule has 2 aromatic heterocycles. The minimum Gasteiger partial charge on any atom is -0.305 e. The molecule has 1 amide bonds. The van der Waals surface area contributed by atoms with Gasteiger partial charge in [-0.1, -0.05) is 36.5 Å². The van der Waals surface area contributed by atoms with Crippen LogP contribution in [0.3, 0.4) is 0 Å². The molecule has 19 heavy (non-hydrogen) atoms. The lowest BCUT2D eigenvalue weighted by Gasteiger charge is -2.03. The summed E-state index contributed by atoms with van der Waals surface area (Å²) in [5.74, 6) is 0.0845. The molecule has 0 saturated heterocycles. The monoisotopic (exact) mass is 298 g/mol. The first kappa shape index (κ1) is 13.8. The van der Waals surface area contributed by atoms with Gasteiger partial charge < -0.3 is 5.32 Å². The quantitative estimate of drug-likeness (QED) is 0.851. The number of pyridine rings is 1. The van der Waals surface area contributed by atoms with Crippen LogP contribution in [0.1, 0.15) is 29.4 Å². The Balaban J connectivity index is 2.13. The van der Waals surface area contributed by atoms with E-state index in [1.807, 2.05) is 0 Å². The molecule has 0 spiro atoms. The van der Waals surface area contributed by atoms with Crippen LogP contribution < -0.4 is 5.32 Å². The largest absolute Gasteiger partial charge is 0.305 e. The second kappa shape index (κ2) is 6.04. The van der Waals surface area contributed by atoms with Gasteiger partial charge in [0.25, 0.3) is 5.91 Å². The third kappa shape index (κ3) is 3.45. The van der Waals surface area contributed by atoms with Crippen LogP contribution in [0.25, 0.3) is 0 Å². The number of rotatable bonds is 4. The summed E-state index contributed by atoms with van der Waals surface area (Å²) in [6.07, 6.45) is 3.22. The molecule has 0 saturated carbocycles. The number of nitrogens with zero attached hydrogens (tertiary/aromatic N) is 2. The van der Waals surface area contributed by atoms with Crippen molar-refractivity contribution in [1.82, 2.24) is 15.2 Å². The summed E-state index contributed by atoms with van der Waals surface area (Å²) in [5.41, 5.74) is 1.23. The first-order valence-corrected chi connectivity index (χ1v) is 6.52. The molecule has 0 aliphatic rings. The smallest absolute Gasteiger partial charge is 0.258 e. The van der Waals surface area contributed by atoms with Crippen LogP contribution in [0.4, 0.5) is 5.82 Å². The molecule has 0 aliphatic carbocycles. The van der Waals surface area contributed by atoms with Crippen LogP contribution in [0.2, 0.25) is 10.2 Å². The van der Waals surface area contributed by atoms with Crippen LogP contribution in [0, 0.1) is 0 Å². The summed E-state index contributed by atoms with van der Waals surface area (Å²) in [7, 11) is 0. The van der Waals surface area contributed by atoms with Gasteiger partial charge in [0.1, 0.15) is 5.15 Å². The molecular weight excluding hydrogens is 287 g/mol. The molecule has 0 unspecified atom stereocenters. The van der Waals surface area contributed by atoms with Crippen molar-refractivity contribution in [3.05, 3.63) is 39.8 Å². The van der Waals surface area contributed by atoms with Crippen molar-refractivity contribution in [2.45, 2.75) is 19.8 Å². The highest BCUT2D eigenvalue weighted by Crippen LogP contribution is 2.19. The number of anilines is 1. The summed E-state index contributed by atoms with van der Waals surface area (Å²) < 4.78 is 0. The molecule has 0 fully saturated rings. The number of hydrogen-bond acceptors (Lipinski definition) is 3. The van der Waals surface area contributed by atoms with Gasteiger partial charge in [-0.2, -0.15) is 5.10 Å². The summed E-state index contributed by atoms with van der Waals surface area (Å²) in [6.45, 7) is 2.07. The molecule has 2 heterocycles. The second-order valence-corrected chi connectivity index (χ2v) is 4.76. The Morgan fingerprint density at radius 1 is 1.42 bits per heavy atom. The molecule has 0 aromatic carbocycles. The second-order valence-electron chi connectivity index (χ2n) is 3.97. The molecule has 2 rings (SSSR count). The lowest BCUT2D eigenvalue weighted by Crippen LogP contribution is -2.13. The summed E-state index contributed by atoms with van der Waals surface area (Å²) in [5, 5.41) is 9.96. The van der Waals surface area contributed by atoms with E-state index in [1.54, 1.807) is 6.07 Å². The van der Waals surface area contributed by atoms with Crippen molar-refractivity contribution >= 4 is 34.9 Å². The number of H-pyrrole nitrogens is 1. The number of hydrogen-bond donors (Lipinski definition) is 2. The first-order chi connectivity index (χ1) is 9.10. The molecule has 100 valence electrons. The van der Waals surface area contributed by atoms with Gasteiger partial charge in [-0.3, -0.25) is 9.89 Å². The minimum atomic E-state index is -0.371. The van der Waals surface area contributed by atoms with Crippen molar-refractivity contribution in [2.75, 3.05) is 5.32 Å². The Morgan fingerprint density at radius 2 is 2.21 bits per heavy atom. The maximum Gasteiger partial charge on any atom is 0.258 e. The normalized spacial score (nSPS) is 10.5. The van der Waals surface area contributed by atoms with Crippen molar-refractivity contribution in [2.24, 2.45) is 0 Å². The van der Waals surface area contributed by atoms with Crippen molar-refractivity contribution in [3.63, 3.8) is 0 Å². The lowest BCUT2D eigenvalue weighted by molar-refractivity contribution is 0.102. The standard InChI is InChI=1S/C12H12Cl2N4O/c1-2-3-7-4-11(18-17-7)16-12(19)8-5-10(14)15-6-9(8)13/h4-6H,2-3H2,1H3,(H2,16,17,18,19). The van der Waals surface area contributed by atoms with Crippen LogP contribution in [-0.4, -0.2) is 21.1 Å². The number of carbonyl (C=O) groups is 1. The van der Waals surface area contributed by atoms with E-state index in [0.717, 1.165) is 18.5 Å². The Labute approximate surface area is 120 Å². The first-order valence-electron chi connectivity index (χ1n) is 5.77. The topological polar surface area (TPSA) is 70.7 Å². The van der Waals surface area contributed by atoms with E-state index in [1.165, 1.54) is 12.3 Å². The fraction of sp³-hybridized carbons (Fsp3) is 0.250. The number of carbonyl (C=O) groups excluding carboxylic acids is 1. The van der Waals surface area contributed by atoms with Gasteiger partial charge >= 0.3 is 0 Å². The van der Waals surface area contributed by atoms with Gasteiger partial charge in [0.05, 0.1) is 10.6 Å². The highest BCUT2D eigenvalue weighted by Gasteiger charge is 2.13. The molecule has 7 heteroatoms. The fourth-order valence-corrected chi connectivity index (χ4v) is 1.94. The number of halogens is 2. The van der Waals surface area contributed by atoms with E-state index in [2.05, 4.69) is 27.4 Å². The minimum absolute atomic E-state index is 0.211. The average Bonchev–Trinajstić information content (AvgIpc) is 2.80. The summed E-state index contributed by atoms with van der Waals surface area (Å²) >= 11 is 11.6. The molecule has 0 radical (unpaired) electrons. The maximum atomic E-state index is 12.0. The number of amides is 1. The van der Waals surface area contributed by atoms with Crippen molar-refractivity contribution in [3.8, 4) is 0 Å². The molecular formula is C12H12Cl2N4O. The van der Waals surface area contributed by atoms with Crippen molar-refractivity contribution < 1.29 is 4.79 Å². The molecule has 0 bridgehead atoms. The zero-order valence-corrected chi connectivity index (χ0v) is 11.7. The zero-order chi connectivity index (χ0) is 13.8. The molecule has 0 atom stereocenters. The van der Waals surface area contributed by atoms with E-state index in [-0.39, 0.29) is 21.6 Å². The Morgan fingerprint density at radius 3 is 2.95 bits per heavy atom.